The second-order valence-electron chi connectivity index (χ2n) is 11.6. The predicted octanol–water partition coefficient (Wildman–Crippen LogP) is 6.35. The normalized spacial score (nSPS) is 13.3. The van der Waals surface area contributed by atoms with E-state index in [4.69, 9.17) is 18.9 Å². The van der Waals surface area contributed by atoms with E-state index in [0.29, 0.717) is 34.4 Å². The van der Waals surface area contributed by atoms with Gasteiger partial charge in [-0.05, 0) is 86.4 Å². The number of amides is 1. The highest BCUT2D eigenvalue weighted by atomic mass is 16.5. The lowest BCUT2D eigenvalue weighted by Gasteiger charge is -2.24. The van der Waals surface area contributed by atoms with Crippen LogP contribution in [0.1, 0.15) is 50.0 Å². The van der Waals surface area contributed by atoms with Gasteiger partial charge < -0.3 is 23.8 Å². The van der Waals surface area contributed by atoms with Crippen LogP contribution in [-0.2, 0) is 33.4 Å². The van der Waals surface area contributed by atoms with Gasteiger partial charge in [0, 0.05) is 34.3 Å². The number of rotatable bonds is 15. The van der Waals surface area contributed by atoms with Crippen LogP contribution in [0.15, 0.2) is 109 Å². The summed E-state index contributed by atoms with van der Waals surface area (Å²) in [4.78, 5) is 63.6. The van der Waals surface area contributed by atoms with Gasteiger partial charge >= 0.3 is 23.9 Å². The monoisotopic (exact) mass is 667 g/mol. The molecule has 1 amide bonds. The molecule has 1 aliphatic rings. The first-order chi connectivity index (χ1) is 23.2. The van der Waals surface area contributed by atoms with Crippen LogP contribution >= 0.6 is 0 Å². The summed E-state index contributed by atoms with van der Waals surface area (Å²) < 4.78 is 21.3. The minimum Gasteiger partial charge on any atom is -0.460 e. The lowest BCUT2D eigenvalue weighted by molar-refractivity contribution is -0.142. The van der Waals surface area contributed by atoms with E-state index >= 15 is 0 Å². The number of ether oxygens (including phenoxy) is 4. The summed E-state index contributed by atoms with van der Waals surface area (Å²) in [6.45, 7) is 20.4. The van der Waals surface area contributed by atoms with Crippen LogP contribution in [0, 0.1) is 0 Å². The van der Waals surface area contributed by atoms with E-state index in [1.54, 1.807) is 56.3 Å². The smallest absolute Gasteiger partial charge is 0.338 e. The van der Waals surface area contributed by atoms with E-state index in [-0.39, 0.29) is 43.0 Å². The summed E-state index contributed by atoms with van der Waals surface area (Å²) in [5.74, 6) is -2.29. The Labute approximate surface area is 286 Å². The van der Waals surface area contributed by atoms with Crippen molar-refractivity contribution in [3.63, 3.8) is 0 Å². The summed E-state index contributed by atoms with van der Waals surface area (Å²) in [5, 5.41) is 0. The topological polar surface area (TPSA) is 126 Å². The molecule has 49 heavy (non-hydrogen) atoms. The van der Waals surface area contributed by atoms with Crippen molar-refractivity contribution in [3.8, 4) is 16.9 Å². The Morgan fingerprint density at radius 3 is 1.71 bits per heavy atom. The Morgan fingerprint density at radius 1 is 0.694 bits per heavy atom. The van der Waals surface area contributed by atoms with Crippen molar-refractivity contribution in [2.75, 3.05) is 26.3 Å². The molecule has 0 radical (unpaired) electrons. The third-order valence-electron chi connectivity index (χ3n) is 7.10. The first-order valence-corrected chi connectivity index (χ1v) is 15.5. The number of nitrogens with zero attached hydrogens (tertiary/aromatic N) is 1. The average Bonchev–Trinajstić information content (AvgIpc) is 3.07. The van der Waals surface area contributed by atoms with Gasteiger partial charge in [-0.1, -0.05) is 50.6 Å². The quantitative estimate of drug-likeness (QED) is 0.0925. The van der Waals surface area contributed by atoms with Gasteiger partial charge in [-0.3, -0.25) is 4.79 Å². The molecule has 0 saturated heterocycles. The molecule has 3 rings (SSSR count). The molecule has 0 bridgehead atoms. The van der Waals surface area contributed by atoms with Crippen LogP contribution in [0.2, 0.25) is 0 Å². The fraction of sp³-hybridized carbons (Fsp3) is 0.256. The maximum Gasteiger partial charge on any atom is 0.338 e. The van der Waals surface area contributed by atoms with Gasteiger partial charge in [0.2, 0.25) is 0 Å². The van der Waals surface area contributed by atoms with Gasteiger partial charge in [0.15, 0.2) is 0 Å². The standard InChI is InChI=1S/C39H41NO9/c1-24(2)36(42)46-19-17-40(18-20-47-37(43)25(3)4)35(41)32-22-30(28-9-13-33(14-10-28)48-38(44)26(5)6)21-31(23-32)29-11-15-34(16-12-29)49-39(45)27(7)8/h9-15,21-23,34H,1,3,5,7,16-20H2,2,4,6,8H3. The highest BCUT2D eigenvalue weighted by Gasteiger charge is 2.21. The van der Waals surface area contributed by atoms with Crippen molar-refractivity contribution in [3.05, 3.63) is 120 Å². The highest BCUT2D eigenvalue weighted by molar-refractivity contribution is 5.97. The molecule has 1 unspecified atom stereocenters. The highest BCUT2D eigenvalue weighted by Crippen LogP contribution is 2.31. The fourth-order valence-corrected chi connectivity index (χ4v) is 4.38. The Bertz CT molecular complexity index is 1710. The second-order valence-corrected chi connectivity index (χ2v) is 11.6. The summed E-state index contributed by atoms with van der Waals surface area (Å²) in [7, 11) is 0. The molecule has 1 atom stereocenters. The zero-order chi connectivity index (χ0) is 36.2. The third-order valence-corrected chi connectivity index (χ3v) is 7.10. The molecule has 0 fully saturated rings. The van der Waals surface area contributed by atoms with E-state index in [1.807, 2.05) is 18.2 Å². The van der Waals surface area contributed by atoms with E-state index in [2.05, 4.69) is 26.3 Å². The van der Waals surface area contributed by atoms with Crippen molar-refractivity contribution in [1.29, 1.82) is 0 Å². The Morgan fingerprint density at radius 2 is 1.22 bits per heavy atom. The molecule has 2 aromatic carbocycles. The molecule has 10 heteroatoms. The number of allylic oxidation sites excluding steroid dienone is 2. The van der Waals surface area contributed by atoms with E-state index < -0.39 is 35.9 Å². The van der Waals surface area contributed by atoms with Crippen molar-refractivity contribution in [2.24, 2.45) is 0 Å². The lowest BCUT2D eigenvalue weighted by atomic mass is 9.92. The Hall–Kier alpha value is -5.77. The maximum absolute atomic E-state index is 14.1. The van der Waals surface area contributed by atoms with Crippen molar-refractivity contribution < 1.29 is 42.9 Å². The zero-order valence-corrected chi connectivity index (χ0v) is 28.3. The van der Waals surface area contributed by atoms with Gasteiger partial charge in [0.1, 0.15) is 25.1 Å². The predicted molar refractivity (Wildman–Crippen MR) is 186 cm³/mol. The summed E-state index contributed by atoms with van der Waals surface area (Å²) in [6.07, 6.45) is 5.45. The van der Waals surface area contributed by atoms with Crippen molar-refractivity contribution in [2.45, 2.75) is 40.2 Å². The number of hydrogen-bond acceptors (Lipinski definition) is 9. The number of esters is 4. The number of hydrogen-bond donors (Lipinski definition) is 0. The van der Waals surface area contributed by atoms with Crippen LogP contribution in [0.3, 0.4) is 0 Å². The molecule has 0 aliphatic heterocycles. The molecule has 0 N–H and O–H groups in total. The Balaban J connectivity index is 1.99. The fourth-order valence-electron chi connectivity index (χ4n) is 4.38. The van der Waals surface area contributed by atoms with Crippen LogP contribution in [0.4, 0.5) is 0 Å². The number of carbonyl (C=O) groups excluding carboxylic acids is 5. The van der Waals surface area contributed by atoms with Crippen molar-refractivity contribution in [1.82, 2.24) is 4.90 Å². The van der Waals surface area contributed by atoms with E-state index in [0.717, 1.165) is 11.1 Å². The van der Waals surface area contributed by atoms with Crippen LogP contribution in [0.25, 0.3) is 16.7 Å². The summed E-state index contributed by atoms with van der Waals surface area (Å²) in [6, 6.07) is 12.2. The molecule has 10 nitrogen and oxygen atoms in total. The molecule has 0 spiro atoms. The minimum absolute atomic E-state index is 0.0171. The molecule has 1 aliphatic carbocycles. The molecular weight excluding hydrogens is 626 g/mol. The van der Waals surface area contributed by atoms with Gasteiger partial charge in [-0.15, -0.1) is 0 Å². The molecular formula is C39H41NO9. The minimum atomic E-state index is -0.592. The molecule has 0 saturated carbocycles. The summed E-state index contributed by atoms with van der Waals surface area (Å²) in [5.41, 5.74) is 4.24. The van der Waals surface area contributed by atoms with Gasteiger partial charge in [0.25, 0.3) is 5.91 Å². The van der Waals surface area contributed by atoms with Crippen molar-refractivity contribution >= 4 is 35.4 Å². The van der Waals surface area contributed by atoms with E-state index in [9.17, 15) is 24.0 Å². The van der Waals surface area contributed by atoms with Crippen LogP contribution < -0.4 is 4.74 Å². The van der Waals surface area contributed by atoms with Crippen LogP contribution in [0.5, 0.6) is 5.75 Å². The molecule has 0 heterocycles. The lowest BCUT2D eigenvalue weighted by Crippen LogP contribution is -2.37. The maximum atomic E-state index is 14.1. The largest absolute Gasteiger partial charge is 0.460 e. The first kappa shape index (κ1) is 37.7. The van der Waals surface area contributed by atoms with Gasteiger partial charge in [0.05, 0.1) is 13.1 Å². The molecule has 0 aromatic heterocycles. The third kappa shape index (κ3) is 11.2. The average molecular weight is 668 g/mol. The molecule has 2 aromatic rings. The Kier molecular flexibility index (Phi) is 13.4. The molecule has 256 valence electrons. The summed E-state index contributed by atoms with van der Waals surface area (Å²) >= 11 is 0. The SMILES string of the molecule is C=C(C)C(=O)OCCN(CCOC(=O)C(=C)C)C(=O)c1cc(C2=CCC(OC(=O)C(=C)C)C=C2)cc(-c2ccc(OC(=O)C(=C)C)cc2)c1. The van der Waals surface area contributed by atoms with Gasteiger partial charge in [-0.25, -0.2) is 19.2 Å². The first-order valence-electron chi connectivity index (χ1n) is 15.5. The second kappa shape index (κ2) is 17.4. The number of benzene rings is 2. The van der Waals surface area contributed by atoms with E-state index in [1.165, 1.54) is 18.7 Å². The zero-order valence-electron chi connectivity index (χ0n) is 28.3. The van der Waals surface area contributed by atoms with Gasteiger partial charge in [-0.2, -0.15) is 0 Å². The van der Waals surface area contributed by atoms with Crippen LogP contribution in [-0.4, -0.2) is 67.1 Å². The number of carbonyl (C=O) groups is 5.